The zero-order chi connectivity index (χ0) is 18.2. The van der Waals surface area contributed by atoms with Crippen LogP contribution in [0.3, 0.4) is 0 Å². The van der Waals surface area contributed by atoms with Gasteiger partial charge in [0, 0.05) is 13.1 Å². The molecule has 0 saturated carbocycles. The standard InChI is InChI=1S/C20H25FN2O2/c1-14(20(22)25)17-6-2-5-16(10-17)12-23-13-19(24)9-8-15-4-3-7-18(21)11-15/h2-7,10-11,14,19,23-24H,8-9,12-13H2,1H3,(H2,22,25)/t14?,19-/m1/s1. The molecule has 0 heterocycles. The summed E-state index contributed by atoms with van der Waals surface area (Å²) < 4.78 is 13.1. The van der Waals surface area contributed by atoms with Crippen molar-refractivity contribution in [2.24, 2.45) is 5.73 Å². The van der Waals surface area contributed by atoms with E-state index >= 15 is 0 Å². The molecule has 1 amide bonds. The zero-order valence-corrected chi connectivity index (χ0v) is 14.4. The summed E-state index contributed by atoms with van der Waals surface area (Å²) >= 11 is 0. The molecule has 25 heavy (non-hydrogen) atoms. The molecule has 0 aliphatic carbocycles. The summed E-state index contributed by atoms with van der Waals surface area (Å²) in [5.41, 5.74) is 8.14. The lowest BCUT2D eigenvalue weighted by molar-refractivity contribution is -0.119. The molecule has 0 saturated heterocycles. The van der Waals surface area contributed by atoms with E-state index in [0.29, 0.717) is 25.9 Å². The molecule has 0 spiro atoms. The normalized spacial score (nSPS) is 13.4. The molecular weight excluding hydrogens is 319 g/mol. The molecule has 2 rings (SSSR count). The first kappa shape index (κ1) is 19.1. The Morgan fingerprint density at radius 2 is 1.92 bits per heavy atom. The van der Waals surface area contributed by atoms with Gasteiger partial charge in [0.1, 0.15) is 5.82 Å². The van der Waals surface area contributed by atoms with Crippen LogP contribution in [-0.2, 0) is 17.8 Å². The van der Waals surface area contributed by atoms with Crippen LogP contribution in [0.1, 0.15) is 36.0 Å². The van der Waals surface area contributed by atoms with Gasteiger partial charge in [-0.3, -0.25) is 4.79 Å². The van der Waals surface area contributed by atoms with Gasteiger partial charge in [-0.1, -0.05) is 36.4 Å². The number of aliphatic hydroxyl groups is 1. The molecule has 0 aliphatic heterocycles. The number of rotatable bonds is 9. The summed E-state index contributed by atoms with van der Waals surface area (Å²) in [4.78, 5) is 11.3. The van der Waals surface area contributed by atoms with Gasteiger partial charge in [0.2, 0.25) is 5.91 Å². The van der Waals surface area contributed by atoms with Gasteiger partial charge in [-0.25, -0.2) is 4.39 Å². The van der Waals surface area contributed by atoms with Crippen molar-refractivity contribution in [3.63, 3.8) is 0 Å². The Hall–Kier alpha value is -2.24. The van der Waals surface area contributed by atoms with E-state index in [1.54, 1.807) is 13.0 Å². The van der Waals surface area contributed by atoms with Gasteiger partial charge < -0.3 is 16.2 Å². The highest BCUT2D eigenvalue weighted by Crippen LogP contribution is 2.16. The minimum atomic E-state index is -0.504. The fraction of sp³-hybridized carbons (Fsp3) is 0.350. The number of halogens is 1. The Labute approximate surface area is 147 Å². The maximum absolute atomic E-state index is 13.1. The molecule has 0 aromatic heterocycles. The van der Waals surface area contributed by atoms with Gasteiger partial charge in [0.15, 0.2) is 0 Å². The van der Waals surface area contributed by atoms with Crippen LogP contribution in [0.5, 0.6) is 0 Å². The second kappa shape index (κ2) is 9.30. The van der Waals surface area contributed by atoms with E-state index in [1.807, 2.05) is 30.3 Å². The molecule has 0 fully saturated rings. The van der Waals surface area contributed by atoms with Crippen LogP contribution >= 0.6 is 0 Å². The number of aryl methyl sites for hydroxylation is 1. The molecule has 5 heteroatoms. The van der Waals surface area contributed by atoms with Crippen LogP contribution in [0.4, 0.5) is 4.39 Å². The van der Waals surface area contributed by atoms with Crippen molar-refractivity contribution in [1.82, 2.24) is 5.32 Å². The molecule has 0 bridgehead atoms. The smallest absolute Gasteiger partial charge is 0.224 e. The minimum absolute atomic E-state index is 0.254. The van der Waals surface area contributed by atoms with E-state index in [0.717, 1.165) is 16.7 Å². The quantitative estimate of drug-likeness (QED) is 0.654. The van der Waals surface area contributed by atoms with E-state index in [9.17, 15) is 14.3 Å². The van der Waals surface area contributed by atoms with Crippen molar-refractivity contribution in [2.75, 3.05) is 6.54 Å². The number of nitrogens with one attached hydrogen (secondary N) is 1. The number of benzene rings is 2. The number of hydrogen-bond donors (Lipinski definition) is 3. The van der Waals surface area contributed by atoms with Crippen LogP contribution in [0.25, 0.3) is 0 Å². The SMILES string of the molecule is CC(C(N)=O)c1cccc(CNC[C@H](O)CCc2cccc(F)c2)c1. The van der Waals surface area contributed by atoms with Crippen molar-refractivity contribution in [3.8, 4) is 0 Å². The predicted molar refractivity (Wildman–Crippen MR) is 96.5 cm³/mol. The van der Waals surface area contributed by atoms with Gasteiger partial charge >= 0.3 is 0 Å². The maximum Gasteiger partial charge on any atom is 0.224 e. The number of carbonyl (C=O) groups is 1. The molecule has 4 N–H and O–H groups in total. The molecule has 0 aliphatic rings. The topological polar surface area (TPSA) is 75.4 Å². The second-order valence-corrected chi connectivity index (χ2v) is 6.32. The van der Waals surface area contributed by atoms with Crippen LogP contribution in [0.15, 0.2) is 48.5 Å². The average Bonchev–Trinajstić information content (AvgIpc) is 2.59. The highest BCUT2D eigenvalue weighted by Gasteiger charge is 2.11. The first-order valence-corrected chi connectivity index (χ1v) is 8.47. The Balaban J connectivity index is 1.76. The van der Waals surface area contributed by atoms with Crippen molar-refractivity contribution >= 4 is 5.91 Å². The van der Waals surface area contributed by atoms with Crippen molar-refractivity contribution < 1.29 is 14.3 Å². The molecule has 0 radical (unpaired) electrons. The predicted octanol–water partition coefficient (Wildman–Crippen LogP) is 2.50. The van der Waals surface area contributed by atoms with Crippen molar-refractivity contribution in [2.45, 2.75) is 38.3 Å². The summed E-state index contributed by atoms with van der Waals surface area (Å²) in [5, 5.41) is 13.3. The summed E-state index contributed by atoms with van der Waals surface area (Å²) in [6.45, 7) is 2.83. The van der Waals surface area contributed by atoms with Crippen molar-refractivity contribution in [1.29, 1.82) is 0 Å². The van der Waals surface area contributed by atoms with E-state index < -0.39 is 6.10 Å². The third-order valence-corrected chi connectivity index (χ3v) is 4.24. The van der Waals surface area contributed by atoms with E-state index in [1.165, 1.54) is 12.1 Å². The van der Waals surface area contributed by atoms with Crippen LogP contribution in [-0.4, -0.2) is 23.7 Å². The molecule has 2 aromatic rings. The van der Waals surface area contributed by atoms with E-state index in [4.69, 9.17) is 5.73 Å². The molecule has 2 atom stereocenters. The number of nitrogens with two attached hydrogens (primary N) is 1. The summed E-state index contributed by atoms with van der Waals surface area (Å²) in [5.74, 6) is -0.926. The monoisotopic (exact) mass is 344 g/mol. The fourth-order valence-corrected chi connectivity index (χ4v) is 2.65. The lowest BCUT2D eigenvalue weighted by Crippen LogP contribution is -2.27. The Morgan fingerprint density at radius 1 is 1.20 bits per heavy atom. The Morgan fingerprint density at radius 3 is 2.64 bits per heavy atom. The van der Waals surface area contributed by atoms with Gasteiger partial charge in [-0.15, -0.1) is 0 Å². The number of amides is 1. The maximum atomic E-state index is 13.1. The van der Waals surface area contributed by atoms with Gasteiger partial charge in [0.25, 0.3) is 0 Å². The Kier molecular flexibility index (Phi) is 7.10. The third kappa shape index (κ3) is 6.29. The molecule has 4 nitrogen and oxygen atoms in total. The fourth-order valence-electron chi connectivity index (χ4n) is 2.65. The largest absolute Gasteiger partial charge is 0.392 e. The minimum Gasteiger partial charge on any atom is -0.392 e. The van der Waals surface area contributed by atoms with Gasteiger partial charge in [0.05, 0.1) is 12.0 Å². The number of primary amides is 1. The third-order valence-electron chi connectivity index (χ3n) is 4.24. The summed E-state index contributed by atoms with van der Waals surface area (Å²) in [6.07, 6.45) is 0.692. The lowest BCUT2D eigenvalue weighted by atomic mass is 9.98. The highest BCUT2D eigenvalue weighted by atomic mass is 19.1. The molecule has 1 unspecified atom stereocenters. The Bertz CT molecular complexity index is 706. The number of carbonyl (C=O) groups excluding carboxylic acids is 1. The number of aliphatic hydroxyl groups excluding tert-OH is 1. The van der Waals surface area contributed by atoms with Gasteiger partial charge in [-0.05, 0) is 48.6 Å². The van der Waals surface area contributed by atoms with E-state index in [2.05, 4.69) is 5.32 Å². The first-order chi connectivity index (χ1) is 12.0. The van der Waals surface area contributed by atoms with Crippen LogP contribution in [0.2, 0.25) is 0 Å². The van der Waals surface area contributed by atoms with Crippen LogP contribution in [0, 0.1) is 5.82 Å². The highest BCUT2D eigenvalue weighted by molar-refractivity contribution is 5.81. The van der Waals surface area contributed by atoms with Crippen molar-refractivity contribution in [3.05, 3.63) is 71.0 Å². The van der Waals surface area contributed by atoms with Crippen LogP contribution < -0.4 is 11.1 Å². The number of hydrogen-bond acceptors (Lipinski definition) is 3. The van der Waals surface area contributed by atoms with E-state index in [-0.39, 0.29) is 17.6 Å². The summed E-state index contributed by atoms with van der Waals surface area (Å²) in [7, 11) is 0. The zero-order valence-electron chi connectivity index (χ0n) is 14.4. The molecule has 2 aromatic carbocycles. The second-order valence-electron chi connectivity index (χ2n) is 6.32. The lowest BCUT2D eigenvalue weighted by Gasteiger charge is -2.13. The van der Waals surface area contributed by atoms with Gasteiger partial charge in [-0.2, -0.15) is 0 Å². The molecule has 134 valence electrons. The first-order valence-electron chi connectivity index (χ1n) is 8.47. The average molecular weight is 344 g/mol. The summed E-state index contributed by atoms with van der Waals surface area (Å²) in [6, 6.07) is 14.1. The molecular formula is C20H25FN2O2.